The summed E-state index contributed by atoms with van der Waals surface area (Å²) in [6, 6.07) is 12.7. The van der Waals surface area contributed by atoms with Gasteiger partial charge in [-0.3, -0.25) is 9.78 Å². The molecule has 0 saturated carbocycles. The summed E-state index contributed by atoms with van der Waals surface area (Å²) in [5, 5.41) is 3.43. The number of piperazine rings is 1. The zero-order chi connectivity index (χ0) is 21.3. The lowest BCUT2D eigenvalue weighted by Gasteiger charge is -2.36. The summed E-state index contributed by atoms with van der Waals surface area (Å²) in [7, 11) is 0. The minimum Gasteiger partial charge on any atom is -0.382 e. The maximum absolute atomic E-state index is 14.9. The van der Waals surface area contributed by atoms with Gasteiger partial charge >= 0.3 is 0 Å². The number of hydrogen-bond donors (Lipinski definition) is 2. The average Bonchev–Trinajstić information content (AvgIpc) is 2.73. The molecule has 7 heteroatoms. The van der Waals surface area contributed by atoms with Crippen molar-refractivity contribution in [3.05, 3.63) is 66.2 Å². The standard InChI is InChI=1S/C23H24FN5O/c1-14-12-29(13-15(2)28-14)23(30)18-6-4-3-5-17(18)16-7-8-19(20(24)9-16)21-10-27-22(25)11-26-21/h3-11,14-15,28H,12-13H2,1-2H3,(H2,25,27). The van der Waals surface area contributed by atoms with Crippen molar-refractivity contribution in [3.8, 4) is 22.4 Å². The van der Waals surface area contributed by atoms with E-state index in [1.165, 1.54) is 18.5 Å². The van der Waals surface area contributed by atoms with Crippen molar-refractivity contribution in [1.29, 1.82) is 0 Å². The highest BCUT2D eigenvalue weighted by molar-refractivity contribution is 6.01. The number of benzene rings is 2. The average molecular weight is 405 g/mol. The van der Waals surface area contributed by atoms with E-state index in [0.717, 1.165) is 0 Å². The third kappa shape index (κ3) is 4.02. The van der Waals surface area contributed by atoms with Gasteiger partial charge in [-0.1, -0.05) is 24.3 Å². The maximum atomic E-state index is 14.9. The lowest BCUT2D eigenvalue weighted by Crippen LogP contribution is -2.55. The van der Waals surface area contributed by atoms with E-state index in [-0.39, 0.29) is 23.8 Å². The van der Waals surface area contributed by atoms with E-state index in [0.29, 0.717) is 41.0 Å². The van der Waals surface area contributed by atoms with Gasteiger partial charge in [0.05, 0.1) is 18.1 Å². The van der Waals surface area contributed by atoms with E-state index in [1.54, 1.807) is 18.2 Å². The van der Waals surface area contributed by atoms with Crippen LogP contribution < -0.4 is 11.1 Å². The molecule has 1 amide bonds. The first-order chi connectivity index (χ1) is 14.4. The van der Waals surface area contributed by atoms with Crippen molar-refractivity contribution in [2.24, 2.45) is 0 Å². The van der Waals surface area contributed by atoms with E-state index in [9.17, 15) is 9.18 Å². The van der Waals surface area contributed by atoms with Crippen LogP contribution in [0.4, 0.5) is 10.2 Å². The number of halogens is 1. The van der Waals surface area contributed by atoms with Crippen molar-refractivity contribution >= 4 is 11.7 Å². The van der Waals surface area contributed by atoms with Crippen molar-refractivity contribution in [2.45, 2.75) is 25.9 Å². The molecule has 154 valence electrons. The van der Waals surface area contributed by atoms with Gasteiger partial charge in [-0.05, 0) is 43.2 Å². The number of amides is 1. The molecule has 0 bridgehead atoms. The molecule has 2 aromatic carbocycles. The van der Waals surface area contributed by atoms with Crippen molar-refractivity contribution < 1.29 is 9.18 Å². The second-order valence-corrected chi connectivity index (χ2v) is 7.75. The maximum Gasteiger partial charge on any atom is 0.254 e. The second-order valence-electron chi connectivity index (χ2n) is 7.75. The van der Waals surface area contributed by atoms with Gasteiger partial charge in [-0.2, -0.15) is 0 Å². The monoisotopic (exact) mass is 405 g/mol. The molecular formula is C23H24FN5O. The summed E-state index contributed by atoms with van der Waals surface area (Å²) in [4.78, 5) is 23.2. The minimum absolute atomic E-state index is 0.0420. The molecule has 0 aliphatic carbocycles. The highest BCUT2D eigenvalue weighted by Gasteiger charge is 2.27. The predicted octanol–water partition coefficient (Wildman–Crippen LogP) is 3.35. The topological polar surface area (TPSA) is 84.1 Å². The van der Waals surface area contributed by atoms with Crippen molar-refractivity contribution in [1.82, 2.24) is 20.2 Å². The molecule has 2 atom stereocenters. The normalized spacial score (nSPS) is 19.0. The largest absolute Gasteiger partial charge is 0.382 e. The number of nitrogens with one attached hydrogen (secondary N) is 1. The SMILES string of the molecule is CC1CN(C(=O)c2ccccc2-c2ccc(-c3cnc(N)cn3)c(F)c2)CC(C)N1. The Hall–Kier alpha value is -3.32. The van der Waals surface area contributed by atoms with Crippen molar-refractivity contribution in [3.63, 3.8) is 0 Å². The van der Waals surface area contributed by atoms with Crippen LogP contribution in [0.5, 0.6) is 0 Å². The predicted molar refractivity (Wildman–Crippen MR) is 115 cm³/mol. The molecule has 0 spiro atoms. The fourth-order valence-electron chi connectivity index (χ4n) is 3.95. The van der Waals surface area contributed by atoms with Crippen LogP contribution in [0.1, 0.15) is 24.2 Å². The fourth-order valence-corrected chi connectivity index (χ4v) is 3.95. The number of carbonyl (C=O) groups is 1. The van der Waals surface area contributed by atoms with E-state index in [1.807, 2.05) is 23.1 Å². The Bertz CT molecular complexity index is 1060. The first-order valence-corrected chi connectivity index (χ1v) is 9.94. The molecule has 4 rings (SSSR count). The van der Waals surface area contributed by atoms with Crippen LogP contribution in [-0.2, 0) is 0 Å². The lowest BCUT2D eigenvalue weighted by atomic mass is 9.96. The summed E-state index contributed by atoms with van der Waals surface area (Å²) >= 11 is 0. The summed E-state index contributed by atoms with van der Waals surface area (Å²) in [6.07, 6.45) is 2.84. The molecule has 6 nitrogen and oxygen atoms in total. The molecule has 1 fully saturated rings. The Morgan fingerprint density at radius 1 is 1.07 bits per heavy atom. The zero-order valence-corrected chi connectivity index (χ0v) is 17.0. The van der Waals surface area contributed by atoms with Gasteiger partial charge in [-0.25, -0.2) is 9.37 Å². The van der Waals surface area contributed by atoms with E-state index in [4.69, 9.17) is 5.73 Å². The van der Waals surface area contributed by atoms with Gasteiger partial charge in [0.2, 0.25) is 0 Å². The summed E-state index contributed by atoms with van der Waals surface area (Å²) < 4.78 is 14.9. The van der Waals surface area contributed by atoms with E-state index < -0.39 is 5.82 Å². The van der Waals surface area contributed by atoms with Crippen LogP contribution in [-0.4, -0.2) is 45.9 Å². The Kier molecular flexibility index (Phi) is 5.46. The minimum atomic E-state index is -0.432. The van der Waals surface area contributed by atoms with Crippen LogP contribution in [0, 0.1) is 5.82 Å². The molecule has 3 N–H and O–H groups in total. The molecule has 0 radical (unpaired) electrons. The van der Waals surface area contributed by atoms with Crippen LogP contribution in [0.2, 0.25) is 0 Å². The quantitative estimate of drug-likeness (QED) is 0.698. The Balaban J connectivity index is 1.67. The molecule has 1 aliphatic heterocycles. The lowest BCUT2D eigenvalue weighted by molar-refractivity contribution is 0.0674. The molecule has 2 unspecified atom stereocenters. The van der Waals surface area contributed by atoms with Crippen LogP contribution in [0.3, 0.4) is 0 Å². The number of carbonyl (C=O) groups excluding carboxylic acids is 1. The Morgan fingerprint density at radius 3 is 2.47 bits per heavy atom. The van der Waals surface area contributed by atoms with E-state index in [2.05, 4.69) is 29.1 Å². The van der Waals surface area contributed by atoms with Gasteiger partial charge in [0.15, 0.2) is 0 Å². The Labute approximate surface area is 175 Å². The van der Waals surface area contributed by atoms with Gasteiger partial charge in [-0.15, -0.1) is 0 Å². The first kappa shape index (κ1) is 20.0. The first-order valence-electron chi connectivity index (χ1n) is 9.94. The molecular weight excluding hydrogens is 381 g/mol. The molecule has 2 heterocycles. The second kappa shape index (κ2) is 8.20. The molecule has 1 aliphatic rings. The molecule has 3 aromatic rings. The fraction of sp³-hybridized carbons (Fsp3) is 0.261. The summed E-state index contributed by atoms with van der Waals surface area (Å²) in [5.41, 5.74) is 8.21. The van der Waals surface area contributed by atoms with Crippen LogP contribution in [0.25, 0.3) is 22.4 Å². The Morgan fingerprint density at radius 2 is 1.80 bits per heavy atom. The van der Waals surface area contributed by atoms with Gasteiger partial charge < -0.3 is 16.0 Å². The highest BCUT2D eigenvalue weighted by Crippen LogP contribution is 2.30. The number of rotatable bonds is 3. The molecule has 30 heavy (non-hydrogen) atoms. The zero-order valence-electron chi connectivity index (χ0n) is 17.0. The van der Waals surface area contributed by atoms with Gasteiger partial charge in [0, 0.05) is 36.3 Å². The summed E-state index contributed by atoms with van der Waals surface area (Å²) in [5.74, 6) is -0.197. The van der Waals surface area contributed by atoms with Crippen molar-refractivity contribution in [2.75, 3.05) is 18.8 Å². The number of nitrogens with zero attached hydrogens (tertiary/aromatic N) is 3. The van der Waals surface area contributed by atoms with Gasteiger partial charge in [0.1, 0.15) is 11.6 Å². The third-order valence-electron chi connectivity index (χ3n) is 5.23. The number of anilines is 1. The number of nitrogen functional groups attached to an aromatic ring is 1. The van der Waals surface area contributed by atoms with Gasteiger partial charge in [0.25, 0.3) is 5.91 Å². The van der Waals surface area contributed by atoms with Crippen LogP contribution in [0.15, 0.2) is 54.9 Å². The number of aromatic nitrogens is 2. The summed E-state index contributed by atoms with van der Waals surface area (Å²) in [6.45, 7) is 5.41. The smallest absolute Gasteiger partial charge is 0.254 e. The van der Waals surface area contributed by atoms with Crippen LogP contribution >= 0.6 is 0 Å². The molecule has 1 aromatic heterocycles. The third-order valence-corrected chi connectivity index (χ3v) is 5.23. The van der Waals surface area contributed by atoms with E-state index >= 15 is 0 Å². The number of hydrogen-bond acceptors (Lipinski definition) is 5. The molecule has 1 saturated heterocycles. The highest BCUT2D eigenvalue weighted by atomic mass is 19.1. The number of nitrogens with two attached hydrogens (primary N) is 1.